The maximum atomic E-state index is 13.2. The third-order valence-corrected chi connectivity index (χ3v) is 5.49. The molecule has 0 atom stereocenters. The van der Waals surface area contributed by atoms with Crippen LogP contribution >= 0.6 is 11.3 Å². The van der Waals surface area contributed by atoms with Crippen molar-refractivity contribution in [2.45, 2.75) is 12.8 Å². The van der Waals surface area contributed by atoms with Crippen molar-refractivity contribution >= 4 is 23.2 Å². The van der Waals surface area contributed by atoms with Crippen LogP contribution in [0.25, 0.3) is 10.6 Å². The number of nitrogens with one attached hydrogen (secondary N) is 2. The molecule has 0 spiro atoms. The van der Waals surface area contributed by atoms with Gasteiger partial charge in [-0.15, -0.1) is 11.3 Å². The minimum absolute atomic E-state index is 0.0868. The van der Waals surface area contributed by atoms with Crippen molar-refractivity contribution in [2.75, 3.05) is 27.3 Å². The van der Waals surface area contributed by atoms with Gasteiger partial charge in [-0.2, -0.15) is 0 Å². The van der Waals surface area contributed by atoms with Crippen molar-refractivity contribution in [1.82, 2.24) is 15.6 Å². The molecule has 2 N–H and O–H groups in total. The van der Waals surface area contributed by atoms with E-state index >= 15 is 0 Å². The second-order valence-electron chi connectivity index (χ2n) is 6.90. The minimum atomic E-state index is -0.376. The number of halogens is 1. The molecule has 0 bridgehead atoms. The fourth-order valence-electron chi connectivity index (χ4n) is 3.02. The molecule has 0 saturated carbocycles. The largest absolute Gasteiger partial charge is 0.493 e. The van der Waals surface area contributed by atoms with E-state index < -0.39 is 0 Å². The Balaban J connectivity index is 1.43. The predicted molar refractivity (Wildman–Crippen MR) is 120 cm³/mol. The zero-order chi connectivity index (χ0) is 22.9. The first-order chi connectivity index (χ1) is 15.5. The highest BCUT2D eigenvalue weighted by atomic mass is 32.1. The summed E-state index contributed by atoms with van der Waals surface area (Å²) in [6.07, 6.45) is 0.227. The van der Waals surface area contributed by atoms with Crippen molar-refractivity contribution in [1.29, 1.82) is 0 Å². The molecule has 0 aliphatic carbocycles. The van der Waals surface area contributed by atoms with Crippen LogP contribution in [0.15, 0.2) is 47.8 Å². The molecule has 0 radical (unpaired) electrons. The second kappa shape index (κ2) is 11.2. The number of aromatic nitrogens is 1. The van der Waals surface area contributed by atoms with Crippen molar-refractivity contribution in [3.05, 3.63) is 64.9 Å². The van der Waals surface area contributed by atoms with Gasteiger partial charge < -0.3 is 20.1 Å². The zero-order valence-corrected chi connectivity index (χ0v) is 18.6. The van der Waals surface area contributed by atoms with Gasteiger partial charge in [0, 0.05) is 24.0 Å². The molecule has 0 aliphatic heterocycles. The van der Waals surface area contributed by atoms with Crippen LogP contribution in [0.2, 0.25) is 0 Å². The highest BCUT2D eigenvalue weighted by molar-refractivity contribution is 7.13. The molecule has 0 fully saturated rings. The molecular weight excluding hydrogens is 433 g/mol. The molecule has 3 rings (SSSR count). The lowest BCUT2D eigenvalue weighted by atomic mass is 10.1. The molecule has 0 aliphatic rings. The number of ether oxygens (including phenoxy) is 2. The van der Waals surface area contributed by atoms with Gasteiger partial charge in [0.1, 0.15) is 10.8 Å². The van der Waals surface area contributed by atoms with Crippen LogP contribution in [0.4, 0.5) is 4.39 Å². The first-order valence-electron chi connectivity index (χ1n) is 9.93. The Bertz CT molecular complexity index is 1090. The minimum Gasteiger partial charge on any atom is -0.493 e. The third kappa shape index (κ3) is 6.52. The topological polar surface area (TPSA) is 89.5 Å². The van der Waals surface area contributed by atoms with Gasteiger partial charge in [-0.3, -0.25) is 9.59 Å². The Morgan fingerprint density at radius 1 is 0.969 bits per heavy atom. The first-order valence-corrected chi connectivity index (χ1v) is 10.8. The summed E-state index contributed by atoms with van der Waals surface area (Å²) in [5.41, 5.74) is 2.13. The molecule has 9 heteroatoms. The Hall–Kier alpha value is -3.46. The molecule has 1 heterocycles. The van der Waals surface area contributed by atoms with Crippen LogP contribution in [-0.4, -0.2) is 44.1 Å². The Kier molecular flexibility index (Phi) is 8.15. The van der Waals surface area contributed by atoms with Crippen molar-refractivity contribution < 1.29 is 23.5 Å². The summed E-state index contributed by atoms with van der Waals surface area (Å²) < 4.78 is 23.7. The number of carbonyl (C=O) groups excluding carboxylic acids is 2. The van der Waals surface area contributed by atoms with E-state index in [2.05, 4.69) is 15.6 Å². The number of hydrogen-bond acceptors (Lipinski definition) is 6. The number of rotatable bonds is 10. The van der Waals surface area contributed by atoms with E-state index in [1.165, 1.54) is 23.5 Å². The molecule has 2 aromatic carbocycles. The van der Waals surface area contributed by atoms with E-state index in [0.29, 0.717) is 29.3 Å². The summed E-state index contributed by atoms with van der Waals surface area (Å²) >= 11 is 1.44. The second-order valence-corrected chi connectivity index (χ2v) is 7.76. The number of nitrogens with zero attached hydrogens (tertiary/aromatic N) is 1. The lowest BCUT2D eigenvalue weighted by Gasteiger charge is -2.08. The lowest BCUT2D eigenvalue weighted by molar-refractivity contribution is -0.122. The van der Waals surface area contributed by atoms with Crippen LogP contribution in [0.5, 0.6) is 11.5 Å². The van der Waals surface area contributed by atoms with Gasteiger partial charge >= 0.3 is 0 Å². The quantitative estimate of drug-likeness (QED) is 0.457. The van der Waals surface area contributed by atoms with E-state index in [9.17, 15) is 14.0 Å². The van der Waals surface area contributed by atoms with Gasteiger partial charge in [-0.25, -0.2) is 9.37 Å². The van der Waals surface area contributed by atoms with E-state index in [1.54, 1.807) is 26.4 Å². The average Bonchev–Trinajstić information content (AvgIpc) is 3.24. The summed E-state index contributed by atoms with van der Waals surface area (Å²) in [6.45, 7) is 0.578. The molecule has 32 heavy (non-hydrogen) atoms. The SMILES string of the molecule is COc1ccc(-c2nc(CC(=O)NCCNC(=O)Cc3cccc(F)c3)cs2)cc1OC. The number of carbonyl (C=O) groups is 2. The molecule has 0 unspecified atom stereocenters. The normalized spacial score (nSPS) is 10.5. The lowest BCUT2D eigenvalue weighted by Crippen LogP contribution is -2.36. The van der Waals surface area contributed by atoms with Gasteiger partial charge in [-0.1, -0.05) is 12.1 Å². The number of amides is 2. The zero-order valence-electron chi connectivity index (χ0n) is 17.8. The molecule has 1 aromatic heterocycles. The van der Waals surface area contributed by atoms with Gasteiger partial charge in [0.2, 0.25) is 11.8 Å². The van der Waals surface area contributed by atoms with E-state index in [0.717, 1.165) is 10.6 Å². The molecule has 0 saturated heterocycles. The summed E-state index contributed by atoms with van der Waals surface area (Å²) in [5.74, 6) is 0.450. The molecule has 3 aromatic rings. The third-order valence-electron chi connectivity index (χ3n) is 4.55. The fourth-order valence-corrected chi connectivity index (χ4v) is 3.83. The van der Waals surface area contributed by atoms with Gasteiger partial charge in [-0.05, 0) is 35.9 Å². The van der Waals surface area contributed by atoms with Crippen molar-refractivity contribution in [3.63, 3.8) is 0 Å². The van der Waals surface area contributed by atoms with Gasteiger partial charge in [0.25, 0.3) is 0 Å². The number of methoxy groups -OCH3 is 2. The Labute approximate surface area is 189 Å². The van der Waals surface area contributed by atoms with Gasteiger partial charge in [0.15, 0.2) is 11.5 Å². The first kappa shape index (κ1) is 23.2. The molecule has 168 valence electrons. The van der Waals surface area contributed by atoms with Crippen LogP contribution < -0.4 is 20.1 Å². The summed E-state index contributed by atoms with van der Waals surface area (Å²) in [5, 5.41) is 8.08. The molecule has 2 amide bonds. The molecule has 7 nitrogen and oxygen atoms in total. The maximum Gasteiger partial charge on any atom is 0.226 e. The predicted octanol–water partition coefficient (Wildman–Crippen LogP) is 2.98. The maximum absolute atomic E-state index is 13.2. The summed E-state index contributed by atoms with van der Waals surface area (Å²) in [4.78, 5) is 28.6. The van der Waals surface area contributed by atoms with Crippen LogP contribution in [0.1, 0.15) is 11.3 Å². The average molecular weight is 458 g/mol. The molecular formula is C23H24FN3O4S. The Morgan fingerprint density at radius 2 is 1.69 bits per heavy atom. The number of thiazole rings is 1. The fraction of sp³-hybridized carbons (Fsp3) is 0.261. The Morgan fingerprint density at radius 3 is 2.38 bits per heavy atom. The highest BCUT2D eigenvalue weighted by Crippen LogP contribution is 2.33. The van der Waals surface area contributed by atoms with Crippen molar-refractivity contribution in [3.8, 4) is 22.1 Å². The van der Waals surface area contributed by atoms with E-state index in [1.807, 2.05) is 23.6 Å². The standard InChI is InChI=1S/C23H24FN3O4S/c1-30-19-7-6-16(12-20(19)31-2)23-27-18(14-32-23)13-22(29)26-9-8-25-21(28)11-15-4-3-5-17(24)10-15/h3-7,10,12,14H,8-9,11,13H2,1-2H3,(H,25,28)(H,26,29). The number of benzene rings is 2. The van der Waals surface area contributed by atoms with Crippen LogP contribution in [-0.2, 0) is 22.4 Å². The van der Waals surface area contributed by atoms with E-state index in [-0.39, 0.29) is 37.0 Å². The van der Waals surface area contributed by atoms with Crippen molar-refractivity contribution in [2.24, 2.45) is 0 Å². The van der Waals surface area contributed by atoms with E-state index in [4.69, 9.17) is 9.47 Å². The monoisotopic (exact) mass is 457 g/mol. The summed E-state index contributed by atoms with van der Waals surface area (Å²) in [6, 6.07) is 11.4. The van der Waals surface area contributed by atoms with Crippen LogP contribution in [0.3, 0.4) is 0 Å². The van der Waals surface area contributed by atoms with Crippen LogP contribution in [0, 0.1) is 5.82 Å². The smallest absolute Gasteiger partial charge is 0.226 e. The van der Waals surface area contributed by atoms with Gasteiger partial charge in [0.05, 0.1) is 32.8 Å². The summed E-state index contributed by atoms with van der Waals surface area (Å²) in [7, 11) is 3.15. The number of hydrogen-bond donors (Lipinski definition) is 2. The highest BCUT2D eigenvalue weighted by Gasteiger charge is 2.12.